The van der Waals surface area contributed by atoms with Crippen LogP contribution in [0.2, 0.25) is 0 Å². The fraction of sp³-hybridized carbons (Fsp3) is 0.0204. The third-order valence-corrected chi connectivity index (χ3v) is 17.5. The van der Waals surface area contributed by atoms with Crippen molar-refractivity contribution in [2.75, 3.05) is 0 Å². The summed E-state index contributed by atoms with van der Waals surface area (Å²) in [6.45, 7) is 0. The normalized spacial score (nSPS) is 13.5. The van der Waals surface area contributed by atoms with Crippen LogP contribution in [0, 0.1) is 0 Å². The summed E-state index contributed by atoms with van der Waals surface area (Å²) >= 11 is 0. The Kier molecular flexibility index (Phi) is 8.41. The summed E-state index contributed by atoms with van der Waals surface area (Å²) in [6, 6.07) is 74.4. The van der Waals surface area contributed by atoms with Crippen molar-refractivity contribution in [1.29, 1.82) is 0 Å². The molecule has 9 rings (SSSR count). The average Bonchev–Trinajstić information content (AvgIpc) is 3.55. The maximum absolute atomic E-state index is 15.8. The molecule has 8 aromatic rings. The molecule has 1 N–H and O–H groups in total. The van der Waals surface area contributed by atoms with Gasteiger partial charge in [-0.25, -0.2) is 0 Å². The fourth-order valence-corrected chi connectivity index (χ4v) is 14.2. The summed E-state index contributed by atoms with van der Waals surface area (Å²) in [4.78, 5) is 13.1. The third kappa shape index (κ3) is 5.21. The zero-order chi connectivity index (χ0) is 35.9. The van der Waals surface area contributed by atoms with Crippen molar-refractivity contribution in [3.8, 4) is 11.1 Å². The molecule has 0 bridgehead atoms. The van der Waals surface area contributed by atoms with Gasteiger partial charge in [-0.1, -0.05) is 0 Å². The molecule has 0 radical (unpaired) electrons. The van der Waals surface area contributed by atoms with E-state index in [0.29, 0.717) is 0 Å². The molecular weight excluding hydrogens is 682 g/mol. The van der Waals surface area contributed by atoms with E-state index in [1.165, 1.54) is 0 Å². The van der Waals surface area contributed by atoms with Crippen molar-refractivity contribution >= 4 is 46.5 Å². The predicted molar refractivity (Wildman–Crippen MR) is 225 cm³/mol. The third-order valence-electron chi connectivity index (χ3n) is 10.9. The molecule has 0 heterocycles. The van der Waals surface area contributed by atoms with Crippen molar-refractivity contribution in [2.24, 2.45) is 0 Å². The monoisotopic (exact) mass is 720 g/mol. The van der Waals surface area contributed by atoms with E-state index in [4.69, 9.17) is 0 Å². The first-order valence-electron chi connectivity index (χ1n) is 18.0. The Bertz CT molecular complexity index is 2450. The van der Waals surface area contributed by atoms with Crippen LogP contribution in [0.3, 0.4) is 0 Å². The minimum absolute atomic E-state index is 0.646. The van der Waals surface area contributed by atoms with Gasteiger partial charge in [-0.3, -0.25) is 0 Å². The predicted octanol–water partition coefficient (Wildman–Crippen LogP) is 8.62. The number of benzene rings is 8. The van der Waals surface area contributed by atoms with Crippen LogP contribution in [0.5, 0.6) is 0 Å². The van der Waals surface area contributed by atoms with Gasteiger partial charge in [0.15, 0.2) is 0 Å². The first-order valence-corrected chi connectivity index (χ1v) is 21.7. The van der Waals surface area contributed by atoms with Crippen molar-refractivity contribution in [3.63, 3.8) is 0 Å². The number of hydrogen-bond donors (Lipinski definition) is 1. The SMILES string of the molecule is O=P(c1ccccc1)(c1ccccc1)c1ccc2c(c1)-c1cc([PH](O)(c3ccccc3)c3ccccc3)ccc1C2(c1ccccc1)c1ccccc1. The van der Waals surface area contributed by atoms with Crippen LogP contribution < -0.4 is 31.8 Å². The summed E-state index contributed by atoms with van der Waals surface area (Å²) < 4.78 is 15.8. The summed E-state index contributed by atoms with van der Waals surface area (Å²) in [5, 5.41) is 5.12. The van der Waals surface area contributed by atoms with Gasteiger partial charge in [0, 0.05) is 0 Å². The zero-order valence-corrected chi connectivity index (χ0v) is 31.0. The van der Waals surface area contributed by atoms with E-state index < -0.39 is 20.0 Å². The van der Waals surface area contributed by atoms with Gasteiger partial charge >= 0.3 is 313 Å². The second-order valence-corrected chi connectivity index (χ2v) is 19.6. The van der Waals surface area contributed by atoms with E-state index in [-0.39, 0.29) is 0 Å². The Morgan fingerprint density at radius 2 is 0.755 bits per heavy atom. The van der Waals surface area contributed by atoms with E-state index in [9.17, 15) is 4.89 Å². The van der Waals surface area contributed by atoms with E-state index in [2.05, 4.69) is 97.1 Å². The van der Waals surface area contributed by atoms with Crippen LogP contribution in [0.4, 0.5) is 0 Å². The molecule has 0 spiro atoms. The Morgan fingerprint density at radius 3 is 1.21 bits per heavy atom. The van der Waals surface area contributed by atoms with Crippen LogP contribution in [0.1, 0.15) is 22.3 Å². The Balaban J connectivity index is 1.38. The molecule has 53 heavy (non-hydrogen) atoms. The van der Waals surface area contributed by atoms with Gasteiger partial charge in [0.25, 0.3) is 0 Å². The molecule has 0 atom stereocenters. The van der Waals surface area contributed by atoms with E-state index in [0.717, 1.165) is 65.2 Å². The number of hydrogen-bond acceptors (Lipinski definition) is 2. The van der Waals surface area contributed by atoms with Crippen LogP contribution >= 0.6 is 14.6 Å². The van der Waals surface area contributed by atoms with Crippen LogP contribution in [-0.2, 0) is 9.98 Å². The van der Waals surface area contributed by atoms with Gasteiger partial charge < -0.3 is 0 Å². The molecule has 256 valence electrons. The van der Waals surface area contributed by atoms with Crippen LogP contribution in [-0.4, -0.2) is 4.89 Å². The molecule has 2 nitrogen and oxygen atoms in total. The average molecular weight is 721 g/mol. The zero-order valence-electron chi connectivity index (χ0n) is 29.1. The van der Waals surface area contributed by atoms with Gasteiger partial charge in [-0.05, 0) is 0 Å². The van der Waals surface area contributed by atoms with Gasteiger partial charge in [-0.15, -0.1) is 0 Å². The Hall–Kier alpha value is -5.62. The van der Waals surface area contributed by atoms with E-state index >= 15 is 4.57 Å². The molecule has 4 heteroatoms. The van der Waals surface area contributed by atoms with Crippen molar-refractivity contribution < 1.29 is 9.46 Å². The van der Waals surface area contributed by atoms with Crippen LogP contribution in [0.15, 0.2) is 218 Å². The van der Waals surface area contributed by atoms with Crippen molar-refractivity contribution in [1.82, 2.24) is 0 Å². The van der Waals surface area contributed by atoms with Gasteiger partial charge in [0.1, 0.15) is 0 Å². The number of rotatable bonds is 8. The second-order valence-electron chi connectivity index (χ2n) is 13.7. The molecule has 0 saturated carbocycles. The van der Waals surface area contributed by atoms with E-state index in [1.807, 2.05) is 121 Å². The van der Waals surface area contributed by atoms with E-state index in [1.54, 1.807) is 0 Å². The molecule has 1 aliphatic rings. The molecule has 0 amide bonds. The van der Waals surface area contributed by atoms with Crippen LogP contribution in [0.25, 0.3) is 11.1 Å². The number of fused-ring (bicyclic) bond motifs is 3. The fourth-order valence-electron chi connectivity index (χ4n) is 8.49. The second kappa shape index (κ2) is 13.4. The van der Waals surface area contributed by atoms with Crippen molar-refractivity contribution in [3.05, 3.63) is 241 Å². The maximum atomic E-state index is 15.8. The molecule has 0 saturated heterocycles. The Morgan fingerprint density at radius 1 is 0.377 bits per heavy atom. The molecule has 8 aromatic carbocycles. The summed E-state index contributed by atoms with van der Waals surface area (Å²) in [5.74, 6) is 0. The molecule has 0 fully saturated rings. The topological polar surface area (TPSA) is 37.3 Å². The Labute approximate surface area is 311 Å². The molecule has 0 aliphatic heterocycles. The molecule has 0 unspecified atom stereocenters. The summed E-state index contributed by atoms with van der Waals surface area (Å²) in [6.07, 6.45) is 0. The molecular formula is C49H38O2P2. The summed E-state index contributed by atoms with van der Waals surface area (Å²) in [5.41, 5.74) is 5.99. The van der Waals surface area contributed by atoms with Crippen molar-refractivity contribution in [2.45, 2.75) is 5.41 Å². The minimum atomic E-state index is -3.46. The van der Waals surface area contributed by atoms with Gasteiger partial charge in [0.2, 0.25) is 0 Å². The quantitative estimate of drug-likeness (QED) is 0.160. The van der Waals surface area contributed by atoms with Gasteiger partial charge in [0.05, 0.1) is 0 Å². The molecule has 1 aliphatic carbocycles. The molecule has 0 aromatic heterocycles. The summed E-state index contributed by atoms with van der Waals surface area (Å²) in [7, 11) is -6.74. The van der Waals surface area contributed by atoms with Gasteiger partial charge in [-0.2, -0.15) is 0 Å². The standard InChI is InChI=1S/C49H38O2P2/c50-52(39-23-11-3-12-24-39,40-25-13-4-14-26-40)43-31-33-47-45(35-43)46-36-44(53(51,41-27-15-5-16-28-41)42-29-17-6-18-30-42)32-34-48(46)49(47,37-19-7-1-8-20-37)38-21-9-2-10-22-38/h1-36,50,52H. The first kappa shape index (κ1) is 33.2. The first-order chi connectivity index (χ1) is 26.1.